The molecule has 0 aliphatic carbocycles. The average molecular weight is 205 g/mol. The molecule has 0 bridgehead atoms. The highest BCUT2D eigenvalue weighted by molar-refractivity contribution is 4.85. The lowest BCUT2D eigenvalue weighted by atomic mass is 10.0. The van der Waals surface area contributed by atoms with Crippen LogP contribution in [0.4, 0.5) is 0 Å². The molecule has 82 valence electrons. The number of aliphatic hydroxyl groups is 4. The van der Waals surface area contributed by atoms with Crippen molar-refractivity contribution in [3.05, 3.63) is 0 Å². The van der Waals surface area contributed by atoms with Crippen molar-refractivity contribution in [3.8, 4) is 6.07 Å². The Labute approximate surface area is 82.0 Å². The van der Waals surface area contributed by atoms with Crippen LogP contribution in [0.15, 0.2) is 0 Å². The standard InChI is InChI=1S/C6H12O5.C2H3N/c7-1-4-6(10)5(9)3(8)2-11-4;1-2-3/h3-10H,1-2H2;1H3/t3-,4+,5+,6+;/m0./s1. The monoisotopic (exact) mass is 205 g/mol. The minimum absolute atomic E-state index is 0.0521. The van der Waals surface area contributed by atoms with E-state index < -0.39 is 24.4 Å². The molecule has 1 saturated heterocycles. The molecule has 0 saturated carbocycles. The van der Waals surface area contributed by atoms with Crippen LogP contribution in [-0.2, 0) is 4.74 Å². The second-order valence-corrected chi connectivity index (χ2v) is 2.83. The lowest BCUT2D eigenvalue weighted by Crippen LogP contribution is -2.53. The molecule has 6 heteroatoms. The van der Waals surface area contributed by atoms with E-state index in [1.165, 1.54) is 6.92 Å². The first-order valence-electron chi connectivity index (χ1n) is 4.16. The first-order valence-corrected chi connectivity index (χ1v) is 4.16. The number of hydrogen-bond donors (Lipinski definition) is 4. The predicted molar refractivity (Wildman–Crippen MR) is 46.1 cm³/mol. The van der Waals surface area contributed by atoms with Gasteiger partial charge in [0.1, 0.15) is 24.4 Å². The molecule has 4 N–H and O–H groups in total. The molecule has 0 amide bonds. The van der Waals surface area contributed by atoms with Gasteiger partial charge in [0.25, 0.3) is 0 Å². The van der Waals surface area contributed by atoms with E-state index >= 15 is 0 Å². The third-order valence-electron chi connectivity index (χ3n) is 1.79. The van der Waals surface area contributed by atoms with Gasteiger partial charge >= 0.3 is 0 Å². The molecule has 1 rings (SSSR count). The van der Waals surface area contributed by atoms with Crippen LogP contribution in [0.5, 0.6) is 0 Å². The summed E-state index contributed by atoms with van der Waals surface area (Å²) in [5, 5.41) is 43.0. The molecular formula is C8H15NO5. The van der Waals surface area contributed by atoms with Crippen LogP contribution in [0, 0.1) is 11.3 Å². The third-order valence-corrected chi connectivity index (χ3v) is 1.79. The smallest absolute Gasteiger partial charge is 0.111 e. The first kappa shape index (κ1) is 13.3. The third kappa shape index (κ3) is 3.57. The molecule has 1 fully saturated rings. The van der Waals surface area contributed by atoms with Gasteiger partial charge in [-0.25, -0.2) is 0 Å². The topological polar surface area (TPSA) is 114 Å². The number of ether oxygens (including phenoxy) is 1. The lowest BCUT2D eigenvalue weighted by molar-refractivity contribution is -0.195. The summed E-state index contributed by atoms with van der Waals surface area (Å²) in [6.07, 6.45) is -4.27. The number of rotatable bonds is 1. The molecule has 14 heavy (non-hydrogen) atoms. The summed E-state index contributed by atoms with van der Waals surface area (Å²) in [6.45, 7) is 1.02. The molecule has 4 atom stereocenters. The van der Waals surface area contributed by atoms with Crippen LogP contribution in [0.2, 0.25) is 0 Å². The van der Waals surface area contributed by atoms with E-state index in [1.54, 1.807) is 6.07 Å². The summed E-state index contributed by atoms with van der Waals surface area (Å²) in [4.78, 5) is 0. The summed E-state index contributed by atoms with van der Waals surface area (Å²) >= 11 is 0. The minimum Gasteiger partial charge on any atom is -0.394 e. The Morgan fingerprint density at radius 1 is 1.36 bits per heavy atom. The molecule has 0 unspecified atom stereocenters. The van der Waals surface area contributed by atoms with Crippen LogP contribution in [0.1, 0.15) is 6.92 Å². The van der Waals surface area contributed by atoms with Crippen molar-refractivity contribution in [2.75, 3.05) is 13.2 Å². The zero-order chi connectivity index (χ0) is 11.1. The van der Waals surface area contributed by atoms with Crippen molar-refractivity contribution in [3.63, 3.8) is 0 Å². The highest BCUT2D eigenvalue weighted by Gasteiger charge is 2.36. The van der Waals surface area contributed by atoms with Crippen LogP contribution >= 0.6 is 0 Å². The van der Waals surface area contributed by atoms with Gasteiger partial charge in [0.05, 0.1) is 19.3 Å². The van der Waals surface area contributed by atoms with Crippen molar-refractivity contribution in [1.82, 2.24) is 0 Å². The van der Waals surface area contributed by atoms with Crippen LogP contribution in [0.25, 0.3) is 0 Å². The zero-order valence-corrected chi connectivity index (χ0v) is 7.87. The maximum atomic E-state index is 9.11. The fourth-order valence-electron chi connectivity index (χ4n) is 1.03. The van der Waals surface area contributed by atoms with E-state index in [1.807, 2.05) is 0 Å². The van der Waals surface area contributed by atoms with E-state index in [0.717, 1.165) is 0 Å². The van der Waals surface area contributed by atoms with Gasteiger partial charge in [0.15, 0.2) is 0 Å². The highest BCUT2D eigenvalue weighted by Crippen LogP contribution is 2.14. The molecule has 0 aromatic carbocycles. The van der Waals surface area contributed by atoms with Gasteiger partial charge in [-0.2, -0.15) is 5.26 Å². The Bertz CT molecular complexity index is 191. The summed E-state index contributed by atoms with van der Waals surface area (Å²) < 4.78 is 4.81. The lowest BCUT2D eigenvalue weighted by Gasteiger charge is -2.34. The van der Waals surface area contributed by atoms with Gasteiger partial charge in [0, 0.05) is 6.92 Å². The Hall–Kier alpha value is -0.710. The number of hydrogen-bond acceptors (Lipinski definition) is 6. The molecule has 1 aliphatic heterocycles. The van der Waals surface area contributed by atoms with Crippen molar-refractivity contribution in [2.24, 2.45) is 0 Å². The normalized spacial score (nSPS) is 36.6. The van der Waals surface area contributed by atoms with Crippen molar-refractivity contribution < 1.29 is 25.2 Å². The van der Waals surface area contributed by atoms with Gasteiger partial charge in [-0.05, 0) is 0 Å². The summed E-state index contributed by atoms with van der Waals surface area (Å²) in [7, 11) is 0. The minimum atomic E-state index is -1.22. The van der Waals surface area contributed by atoms with E-state index in [4.69, 9.17) is 30.4 Å². The van der Waals surface area contributed by atoms with Crippen molar-refractivity contribution >= 4 is 0 Å². The average Bonchev–Trinajstić information content (AvgIpc) is 2.16. The second kappa shape index (κ2) is 6.70. The fourth-order valence-corrected chi connectivity index (χ4v) is 1.03. The molecule has 1 heterocycles. The van der Waals surface area contributed by atoms with Crippen molar-refractivity contribution in [1.29, 1.82) is 5.26 Å². The predicted octanol–water partition coefficient (Wildman–Crippen LogP) is -2.01. The molecule has 0 spiro atoms. The Kier molecular flexibility index (Phi) is 6.36. The molecular weight excluding hydrogens is 190 g/mol. The van der Waals surface area contributed by atoms with Gasteiger partial charge in [-0.15, -0.1) is 0 Å². The molecule has 1 aliphatic rings. The molecule has 6 nitrogen and oxygen atoms in total. The largest absolute Gasteiger partial charge is 0.394 e. The van der Waals surface area contributed by atoms with E-state index in [0.29, 0.717) is 0 Å². The van der Waals surface area contributed by atoms with Gasteiger partial charge in [0.2, 0.25) is 0 Å². The van der Waals surface area contributed by atoms with Crippen LogP contribution in [-0.4, -0.2) is 58.1 Å². The first-order chi connectivity index (χ1) is 6.58. The number of aliphatic hydroxyl groups excluding tert-OH is 4. The zero-order valence-electron chi connectivity index (χ0n) is 7.87. The van der Waals surface area contributed by atoms with Crippen molar-refractivity contribution in [2.45, 2.75) is 31.3 Å². The molecule has 0 radical (unpaired) electrons. The Balaban J connectivity index is 0.000000500. The highest BCUT2D eigenvalue weighted by atomic mass is 16.5. The van der Waals surface area contributed by atoms with E-state index in [2.05, 4.69) is 0 Å². The number of nitriles is 1. The summed E-state index contributed by atoms with van der Waals surface area (Å²) in [5.41, 5.74) is 0. The summed E-state index contributed by atoms with van der Waals surface area (Å²) in [6, 6.07) is 1.75. The Morgan fingerprint density at radius 2 is 1.86 bits per heavy atom. The van der Waals surface area contributed by atoms with E-state index in [-0.39, 0.29) is 13.2 Å². The van der Waals surface area contributed by atoms with Gasteiger partial charge in [-0.3, -0.25) is 0 Å². The van der Waals surface area contributed by atoms with E-state index in [9.17, 15) is 0 Å². The van der Waals surface area contributed by atoms with Gasteiger partial charge in [-0.1, -0.05) is 0 Å². The SMILES string of the molecule is CC#N.OC[C@H]1OC[C@H](O)[C@@H](O)[C@@H]1O. The second-order valence-electron chi connectivity index (χ2n) is 2.83. The molecule has 0 aromatic rings. The van der Waals surface area contributed by atoms with Crippen LogP contribution in [0.3, 0.4) is 0 Å². The number of nitrogens with zero attached hydrogens (tertiary/aromatic N) is 1. The Morgan fingerprint density at radius 3 is 2.29 bits per heavy atom. The van der Waals surface area contributed by atoms with Gasteiger partial charge < -0.3 is 25.2 Å². The maximum Gasteiger partial charge on any atom is 0.111 e. The quantitative estimate of drug-likeness (QED) is 0.393. The fraction of sp³-hybridized carbons (Fsp3) is 0.875. The van der Waals surface area contributed by atoms with Crippen LogP contribution < -0.4 is 0 Å². The maximum absolute atomic E-state index is 9.11. The summed E-state index contributed by atoms with van der Waals surface area (Å²) in [5.74, 6) is 0. The molecule has 0 aromatic heterocycles.